The topological polar surface area (TPSA) is 49.8 Å². The maximum Gasteiger partial charge on any atom is 0.223 e. The first kappa shape index (κ1) is 13.2. The van der Waals surface area contributed by atoms with Crippen molar-refractivity contribution in [3.63, 3.8) is 0 Å². The number of benzene rings is 2. The molecule has 0 saturated carbocycles. The highest BCUT2D eigenvalue weighted by molar-refractivity contribution is 5.86. The lowest BCUT2D eigenvalue weighted by molar-refractivity contribution is 0.781. The SMILES string of the molecule is c1ccc2cc(-c3ccnc(N[C@@H]4CCNC4)n3)ccc2c1. The zero-order valence-corrected chi connectivity index (χ0v) is 12.3. The van der Waals surface area contributed by atoms with Crippen molar-refractivity contribution >= 4 is 16.7 Å². The number of aromatic nitrogens is 2. The minimum Gasteiger partial charge on any atom is -0.350 e. The van der Waals surface area contributed by atoms with Crippen LogP contribution in [0.5, 0.6) is 0 Å². The van der Waals surface area contributed by atoms with E-state index < -0.39 is 0 Å². The van der Waals surface area contributed by atoms with Gasteiger partial charge in [-0.2, -0.15) is 0 Å². The van der Waals surface area contributed by atoms with E-state index in [-0.39, 0.29) is 0 Å². The predicted molar refractivity (Wildman–Crippen MR) is 89.9 cm³/mol. The van der Waals surface area contributed by atoms with Gasteiger partial charge in [-0.05, 0) is 35.9 Å². The van der Waals surface area contributed by atoms with Gasteiger partial charge >= 0.3 is 0 Å². The molecule has 4 rings (SSSR count). The van der Waals surface area contributed by atoms with E-state index >= 15 is 0 Å². The molecule has 110 valence electrons. The van der Waals surface area contributed by atoms with Crippen LogP contribution in [0, 0.1) is 0 Å². The maximum atomic E-state index is 4.66. The number of fused-ring (bicyclic) bond motifs is 1. The molecule has 1 fully saturated rings. The Hall–Kier alpha value is -2.46. The van der Waals surface area contributed by atoms with Gasteiger partial charge in [0.05, 0.1) is 5.69 Å². The minimum atomic E-state index is 0.423. The van der Waals surface area contributed by atoms with E-state index in [9.17, 15) is 0 Å². The van der Waals surface area contributed by atoms with Crippen LogP contribution >= 0.6 is 0 Å². The van der Waals surface area contributed by atoms with Crippen LogP contribution in [-0.4, -0.2) is 29.1 Å². The third-order valence-corrected chi connectivity index (χ3v) is 4.09. The Balaban J connectivity index is 1.65. The highest BCUT2D eigenvalue weighted by Crippen LogP contribution is 2.23. The standard InChI is InChI=1S/C18H18N4/c1-2-4-14-11-15(6-5-13(14)3-1)17-8-10-20-18(22-17)21-16-7-9-19-12-16/h1-6,8,10-11,16,19H,7,9,12H2,(H,20,21,22)/t16-/m1/s1. The van der Waals surface area contributed by atoms with E-state index in [1.807, 2.05) is 12.3 Å². The first-order chi connectivity index (χ1) is 10.9. The second-order valence-electron chi connectivity index (χ2n) is 5.66. The lowest BCUT2D eigenvalue weighted by atomic mass is 10.1. The average molecular weight is 290 g/mol. The van der Waals surface area contributed by atoms with Gasteiger partial charge in [0.2, 0.25) is 5.95 Å². The van der Waals surface area contributed by atoms with Gasteiger partial charge in [-0.25, -0.2) is 9.97 Å². The lowest BCUT2D eigenvalue weighted by Gasteiger charge is -2.12. The van der Waals surface area contributed by atoms with Gasteiger partial charge in [0.15, 0.2) is 0 Å². The summed E-state index contributed by atoms with van der Waals surface area (Å²) in [6.45, 7) is 2.03. The van der Waals surface area contributed by atoms with Crippen LogP contribution in [0.4, 0.5) is 5.95 Å². The van der Waals surface area contributed by atoms with E-state index in [1.165, 1.54) is 10.8 Å². The minimum absolute atomic E-state index is 0.423. The molecule has 1 atom stereocenters. The third-order valence-electron chi connectivity index (χ3n) is 4.09. The van der Waals surface area contributed by atoms with Crippen molar-refractivity contribution in [1.29, 1.82) is 0 Å². The Morgan fingerprint density at radius 3 is 2.82 bits per heavy atom. The summed E-state index contributed by atoms with van der Waals surface area (Å²) in [5, 5.41) is 9.22. The molecule has 3 aromatic rings. The number of rotatable bonds is 3. The van der Waals surface area contributed by atoms with Gasteiger partial charge in [-0.3, -0.25) is 0 Å². The predicted octanol–water partition coefficient (Wildman–Crippen LogP) is 3.07. The van der Waals surface area contributed by atoms with Gasteiger partial charge in [-0.1, -0.05) is 36.4 Å². The summed E-state index contributed by atoms with van der Waals surface area (Å²) in [4.78, 5) is 9.00. The summed E-state index contributed by atoms with van der Waals surface area (Å²) >= 11 is 0. The second-order valence-corrected chi connectivity index (χ2v) is 5.66. The molecule has 0 aliphatic carbocycles. The molecule has 0 bridgehead atoms. The summed E-state index contributed by atoms with van der Waals surface area (Å²) in [6, 6.07) is 17.2. The largest absolute Gasteiger partial charge is 0.350 e. The van der Waals surface area contributed by atoms with Crippen molar-refractivity contribution < 1.29 is 0 Å². The summed E-state index contributed by atoms with van der Waals surface area (Å²) in [5.41, 5.74) is 2.07. The van der Waals surface area contributed by atoms with Crippen LogP contribution in [-0.2, 0) is 0 Å². The summed E-state index contributed by atoms with van der Waals surface area (Å²) in [5.74, 6) is 0.708. The number of nitrogens with zero attached hydrogens (tertiary/aromatic N) is 2. The fourth-order valence-electron chi connectivity index (χ4n) is 2.90. The molecule has 2 aromatic carbocycles. The number of hydrogen-bond donors (Lipinski definition) is 2. The molecule has 2 N–H and O–H groups in total. The molecule has 1 aromatic heterocycles. The summed E-state index contributed by atoms with van der Waals surface area (Å²) in [6.07, 6.45) is 2.94. The number of nitrogens with one attached hydrogen (secondary N) is 2. The fraction of sp³-hybridized carbons (Fsp3) is 0.222. The van der Waals surface area contributed by atoms with Crippen molar-refractivity contribution in [1.82, 2.24) is 15.3 Å². The van der Waals surface area contributed by atoms with Gasteiger partial charge in [-0.15, -0.1) is 0 Å². The molecule has 22 heavy (non-hydrogen) atoms. The maximum absolute atomic E-state index is 4.66. The Kier molecular flexibility index (Phi) is 3.45. The highest BCUT2D eigenvalue weighted by Gasteiger charge is 2.15. The van der Waals surface area contributed by atoms with E-state index in [4.69, 9.17) is 0 Å². The quantitative estimate of drug-likeness (QED) is 0.778. The smallest absolute Gasteiger partial charge is 0.223 e. The van der Waals surface area contributed by atoms with E-state index in [1.54, 1.807) is 0 Å². The Morgan fingerprint density at radius 1 is 1.05 bits per heavy atom. The van der Waals surface area contributed by atoms with Crippen LogP contribution in [0.15, 0.2) is 54.7 Å². The van der Waals surface area contributed by atoms with Crippen LogP contribution in [0.2, 0.25) is 0 Å². The molecule has 4 nitrogen and oxygen atoms in total. The van der Waals surface area contributed by atoms with Crippen molar-refractivity contribution in [3.05, 3.63) is 54.7 Å². The molecular weight excluding hydrogens is 272 g/mol. The molecule has 1 saturated heterocycles. The van der Waals surface area contributed by atoms with Crippen molar-refractivity contribution in [2.24, 2.45) is 0 Å². The normalized spacial score (nSPS) is 17.7. The fourth-order valence-corrected chi connectivity index (χ4v) is 2.90. The van der Waals surface area contributed by atoms with E-state index in [0.717, 1.165) is 30.8 Å². The summed E-state index contributed by atoms with van der Waals surface area (Å²) < 4.78 is 0. The van der Waals surface area contributed by atoms with Crippen LogP contribution in [0.25, 0.3) is 22.0 Å². The van der Waals surface area contributed by atoms with Gasteiger partial charge in [0, 0.05) is 24.3 Å². The van der Waals surface area contributed by atoms with Crippen LogP contribution in [0.1, 0.15) is 6.42 Å². The molecule has 4 heteroatoms. The van der Waals surface area contributed by atoms with E-state index in [2.05, 4.69) is 63.1 Å². The molecule has 1 aliphatic heterocycles. The molecule has 2 heterocycles. The van der Waals surface area contributed by atoms with Gasteiger partial charge in [0.1, 0.15) is 0 Å². The first-order valence-corrected chi connectivity index (χ1v) is 7.68. The average Bonchev–Trinajstić information content (AvgIpc) is 3.08. The molecule has 0 spiro atoms. The lowest BCUT2D eigenvalue weighted by Crippen LogP contribution is -2.23. The highest BCUT2D eigenvalue weighted by atomic mass is 15.1. The Labute approximate surface area is 129 Å². The number of hydrogen-bond acceptors (Lipinski definition) is 4. The zero-order valence-electron chi connectivity index (χ0n) is 12.3. The molecule has 0 radical (unpaired) electrons. The molecule has 1 aliphatic rings. The monoisotopic (exact) mass is 290 g/mol. The zero-order chi connectivity index (χ0) is 14.8. The van der Waals surface area contributed by atoms with E-state index in [0.29, 0.717) is 12.0 Å². The molecule has 0 amide bonds. The first-order valence-electron chi connectivity index (χ1n) is 7.68. The van der Waals surface area contributed by atoms with Crippen molar-refractivity contribution in [2.75, 3.05) is 18.4 Å². The third kappa shape index (κ3) is 2.65. The molecular formula is C18H18N4. The van der Waals surface area contributed by atoms with Crippen molar-refractivity contribution in [3.8, 4) is 11.3 Å². The van der Waals surface area contributed by atoms with Gasteiger partial charge < -0.3 is 10.6 Å². The van der Waals surface area contributed by atoms with Crippen LogP contribution < -0.4 is 10.6 Å². The molecule has 0 unspecified atom stereocenters. The van der Waals surface area contributed by atoms with Crippen LogP contribution in [0.3, 0.4) is 0 Å². The van der Waals surface area contributed by atoms with Gasteiger partial charge in [0.25, 0.3) is 0 Å². The summed E-state index contributed by atoms with van der Waals surface area (Å²) in [7, 11) is 0. The second kappa shape index (κ2) is 5.73. The Morgan fingerprint density at radius 2 is 1.95 bits per heavy atom. The number of anilines is 1. The van der Waals surface area contributed by atoms with Crippen molar-refractivity contribution in [2.45, 2.75) is 12.5 Å². The Bertz CT molecular complexity index is 794.